The molecule has 0 bridgehead atoms. The number of hydrogen-bond donors (Lipinski definition) is 1. The molecule has 1 rings (SSSR count). The molecule has 0 aliphatic carbocycles. The van der Waals surface area contributed by atoms with Crippen molar-refractivity contribution >= 4 is 16.0 Å². The van der Waals surface area contributed by atoms with E-state index in [1.165, 1.54) is 11.2 Å². The highest BCUT2D eigenvalue weighted by Crippen LogP contribution is 2.35. The SMILES string of the molecule is CCC1(C(=O)O)CCCN1S(=O)(=O)CC. The molecular formula is C9H17NO4S. The van der Waals surface area contributed by atoms with Crippen molar-refractivity contribution in [3.05, 3.63) is 0 Å². The van der Waals surface area contributed by atoms with Gasteiger partial charge in [0.2, 0.25) is 10.0 Å². The molecule has 15 heavy (non-hydrogen) atoms. The first-order valence-corrected chi connectivity index (χ1v) is 6.75. The second-order valence-corrected chi connectivity index (χ2v) is 5.95. The molecule has 1 atom stereocenters. The lowest BCUT2D eigenvalue weighted by Crippen LogP contribution is -2.52. The Morgan fingerprint density at radius 2 is 2.07 bits per heavy atom. The molecule has 1 saturated heterocycles. The first kappa shape index (κ1) is 12.4. The van der Waals surface area contributed by atoms with Gasteiger partial charge in [-0.15, -0.1) is 0 Å². The van der Waals surface area contributed by atoms with Crippen LogP contribution in [-0.4, -0.2) is 41.6 Å². The van der Waals surface area contributed by atoms with Gasteiger partial charge in [0.15, 0.2) is 0 Å². The molecule has 0 amide bonds. The lowest BCUT2D eigenvalue weighted by atomic mass is 9.95. The molecular weight excluding hydrogens is 218 g/mol. The van der Waals surface area contributed by atoms with Crippen LogP contribution in [0.15, 0.2) is 0 Å². The number of carbonyl (C=O) groups is 1. The summed E-state index contributed by atoms with van der Waals surface area (Å²) in [5.74, 6) is -1.07. The second-order valence-electron chi connectivity index (χ2n) is 3.77. The lowest BCUT2D eigenvalue weighted by molar-refractivity contribution is -0.147. The number of sulfonamides is 1. The van der Waals surface area contributed by atoms with E-state index < -0.39 is 21.5 Å². The monoisotopic (exact) mass is 235 g/mol. The van der Waals surface area contributed by atoms with E-state index in [0.29, 0.717) is 25.8 Å². The summed E-state index contributed by atoms with van der Waals surface area (Å²) in [6, 6.07) is 0. The van der Waals surface area contributed by atoms with Crippen LogP contribution in [0.4, 0.5) is 0 Å². The Balaban J connectivity index is 3.14. The van der Waals surface area contributed by atoms with Gasteiger partial charge in [-0.2, -0.15) is 4.31 Å². The summed E-state index contributed by atoms with van der Waals surface area (Å²) >= 11 is 0. The Morgan fingerprint density at radius 3 is 2.47 bits per heavy atom. The zero-order valence-electron chi connectivity index (χ0n) is 9.06. The van der Waals surface area contributed by atoms with Crippen molar-refractivity contribution in [3.63, 3.8) is 0 Å². The van der Waals surface area contributed by atoms with E-state index in [9.17, 15) is 18.3 Å². The van der Waals surface area contributed by atoms with Crippen molar-refractivity contribution in [1.82, 2.24) is 4.31 Å². The molecule has 0 aromatic rings. The average molecular weight is 235 g/mol. The molecule has 1 fully saturated rings. The summed E-state index contributed by atoms with van der Waals surface area (Å²) in [7, 11) is -3.41. The minimum atomic E-state index is -3.41. The molecule has 5 nitrogen and oxygen atoms in total. The minimum absolute atomic E-state index is 0.0397. The highest BCUT2D eigenvalue weighted by molar-refractivity contribution is 7.89. The molecule has 0 radical (unpaired) electrons. The fourth-order valence-corrected chi connectivity index (χ4v) is 3.68. The summed E-state index contributed by atoms with van der Waals surface area (Å²) < 4.78 is 24.7. The van der Waals surface area contributed by atoms with E-state index in [4.69, 9.17) is 0 Å². The molecule has 6 heteroatoms. The molecule has 1 heterocycles. The smallest absolute Gasteiger partial charge is 0.325 e. The van der Waals surface area contributed by atoms with Crippen LogP contribution in [0.25, 0.3) is 0 Å². The topological polar surface area (TPSA) is 74.7 Å². The van der Waals surface area contributed by atoms with Gasteiger partial charge in [-0.1, -0.05) is 6.92 Å². The van der Waals surface area contributed by atoms with Crippen LogP contribution in [0.5, 0.6) is 0 Å². The van der Waals surface area contributed by atoms with Crippen LogP contribution in [0.1, 0.15) is 33.1 Å². The number of rotatable bonds is 4. The van der Waals surface area contributed by atoms with Crippen LogP contribution in [0.3, 0.4) is 0 Å². The van der Waals surface area contributed by atoms with E-state index in [1.54, 1.807) is 6.92 Å². The van der Waals surface area contributed by atoms with Crippen molar-refractivity contribution in [1.29, 1.82) is 0 Å². The van der Waals surface area contributed by atoms with Gasteiger partial charge in [0.25, 0.3) is 0 Å². The van der Waals surface area contributed by atoms with Crippen molar-refractivity contribution in [2.24, 2.45) is 0 Å². The first-order valence-electron chi connectivity index (χ1n) is 5.14. The van der Waals surface area contributed by atoms with E-state index in [1.807, 2.05) is 0 Å². The first-order chi connectivity index (χ1) is 6.90. The highest BCUT2D eigenvalue weighted by atomic mass is 32.2. The maximum Gasteiger partial charge on any atom is 0.325 e. The molecule has 1 N–H and O–H groups in total. The standard InChI is InChI=1S/C9H17NO4S/c1-3-9(8(11)12)6-5-7-10(9)15(13,14)4-2/h3-7H2,1-2H3,(H,11,12). The van der Waals surface area contributed by atoms with Gasteiger partial charge in [-0.05, 0) is 26.2 Å². The molecule has 1 unspecified atom stereocenters. The fraction of sp³-hybridized carbons (Fsp3) is 0.889. The maximum absolute atomic E-state index is 11.7. The number of nitrogens with zero attached hydrogens (tertiary/aromatic N) is 1. The van der Waals surface area contributed by atoms with Gasteiger partial charge < -0.3 is 5.11 Å². The molecule has 0 aromatic heterocycles. The quantitative estimate of drug-likeness (QED) is 0.777. The Kier molecular flexibility index (Phi) is 3.40. The highest BCUT2D eigenvalue weighted by Gasteiger charge is 2.50. The Labute approximate surface area is 90.1 Å². The molecule has 0 spiro atoms. The summed E-state index contributed by atoms with van der Waals surface area (Å²) in [4.78, 5) is 11.2. The number of aliphatic carboxylic acids is 1. The van der Waals surface area contributed by atoms with Gasteiger partial charge >= 0.3 is 5.97 Å². The molecule has 88 valence electrons. The van der Waals surface area contributed by atoms with Crippen LogP contribution in [0, 0.1) is 0 Å². The summed E-state index contributed by atoms with van der Waals surface area (Å²) in [5, 5.41) is 9.19. The van der Waals surface area contributed by atoms with Gasteiger partial charge in [0.1, 0.15) is 5.54 Å². The maximum atomic E-state index is 11.7. The van der Waals surface area contributed by atoms with Crippen molar-refractivity contribution in [2.75, 3.05) is 12.3 Å². The van der Waals surface area contributed by atoms with E-state index >= 15 is 0 Å². The normalized spacial score (nSPS) is 28.1. The van der Waals surface area contributed by atoms with Crippen molar-refractivity contribution in [3.8, 4) is 0 Å². The zero-order chi connectivity index (χ0) is 11.7. The second kappa shape index (κ2) is 4.09. The van der Waals surface area contributed by atoms with Crippen molar-refractivity contribution < 1.29 is 18.3 Å². The number of carboxylic acids is 1. The summed E-state index contributed by atoms with van der Waals surface area (Å²) in [6.07, 6.45) is 1.36. The van der Waals surface area contributed by atoms with Gasteiger partial charge in [-0.3, -0.25) is 4.79 Å². The van der Waals surface area contributed by atoms with E-state index in [2.05, 4.69) is 0 Å². The predicted molar refractivity (Wildman–Crippen MR) is 56.1 cm³/mol. The molecule has 1 aliphatic heterocycles. The summed E-state index contributed by atoms with van der Waals surface area (Å²) in [5.41, 5.74) is -1.20. The van der Waals surface area contributed by atoms with Crippen LogP contribution in [0.2, 0.25) is 0 Å². The van der Waals surface area contributed by atoms with Crippen molar-refractivity contribution in [2.45, 2.75) is 38.6 Å². The molecule has 0 saturated carbocycles. The summed E-state index contributed by atoms with van der Waals surface area (Å²) in [6.45, 7) is 3.59. The van der Waals surface area contributed by atoms with Gasteiger partial charge in [0.05, 0.1) is 5.75 Å². The fourth-order valence-electron chi connectivity index (χ4n) is 2.13. The minimum Gasteiger partial charge on any atom is -0.480 e. The zero-order valence-corrected chi connectivity index (χ0v) is 9.88. The lowest BCUT2D eigenvalue weighted by Gasteiger charge is -2.32. The van der Waals surface area contributed by atoms with E-state index in [0.717, 1.165) is 0 Å². The van der Waals surface area contributed by atoms with Crippen LogP contribution >= 0.6 is 0 Å². The third-order valence-corrected chi connectivity index (χ3v) is 5.05. The Hall–Kier alpha value is -0.620. The van der Waals surface area contributed by atoms with Gasteiger partial charge in [0, 0.05) is 6.54 Å². The predicted octanol–water partition coefficient (Wildman–Crippen LogP) is 0.665. The Morgan fingerprint density at radius 1 is 1.47 bits per heavy atom. The number of hydrogen-bond acceptors (Lipinski definition) is 3. The Bertz CT molecular complexity index is 351. The number of carboxylic acid groups (broad SMARTS) is 1. The molecule has 0 aromatic carbocycles. The van der Waals surface area contributed by atoms with E-state index in [-0.39, 0.29) is 5.75 Å². The molecule has 1 aliphatic rings. The van der Waals surface area contributed by atoms with Crippen LogP contribution < -0.4 is 0 Å². The largest absolute Gasteiger partial charge is 0.480 e. The third-order valence-electron chi connectivity index (χ3n) is 3.11. The average Bonchev–Trinajstić information content (AvgIpc) is 2.63. The van der Waals surface area contributed by atoms with Crippen LogP contribution in [-0.2, 0) is 14.8 Å². The third kappa shape index (κ3) is 1.88. The van der Waals surface area contributed by atoms with Gasteiger partial charge in [-0.25, -0.2) is 8.42 Å².